The van der Waals surface area contributed by atoms with Gasteiger partial charge in [-0.05, 0) is 42.2 Å². The Labute approximate surface area is 146 Å². The summed E-state index contributed by atoms with van der Waals surface area (Å²) >= 11 is 0. The van der Waals surface area contributed by atoms with Crippen LogP contribution < -0.4 is 10.2 Å². The molecule has 1 fully saturated rings. The molecule has 2 amide bonds. The van der Waals surface area contributed by atoms with Gasteiger partial charge in [0.2, 0.25) is 11.8 Å². The van der Waals surface area contributed by atoms with E-state index in [9.17, 15) is 14.0 Å². The minimum absolute atomic E-state index is 0.120. The van der Waals surface area contributed by atoms with E-state index in [2.05, 4.69) is 5.32 Å². The monoisotopic (exact) mass is 340 g/mol. The maximum atomic E-state index is 13.6. The lowest BCUT2D eigenvalue weighted by atomic mass is 10.1. The highest BCUT2D eigenvalue weighted by Gasteiger charge is 2.21. The van der Waals surface area contributed by atoms with Crippen molar-refractivity contribution in [1.29, 1.82) is 0 Å². The topological polar surface area (TPSA) is 49.4 Å². The van der Waals surface area contributed by atoms with Gasteiger partial charge in [0.1, 0.15) is 5.82 Å². The first-order chi connectivity index (χ1) is 12.1. The van der Waals surface area contributed by atoms with E-state index in [1.54, 1.807) is 23.1 Å². The first kappa shape index (κ1) is 17.1. The quantitative estimate of drug-likeness (QED) is 0.878. The second-order valence-corrected chi connectivity index (χ2v) is 6.19. The summed E-state index contributed by atoms with van der Waals surface area (Å²) in [5, 5.41) is 2.85. The van der Waals surface area contributed by atoms with Crippen molar-refractivity contribution >= 4 is 17.5 Å². The van der Waals surface area contributed by atoms with Gasteiger partial charge in [0.05, 0.1) is 0 Å². The van der Waals surface area contributed by atoms with Gasteiger partial charge in [-0.3, -0.25) is 9.59 Å². The Morgan fingerprint density at radius 2 is 2.00 bits per heavy atom. The highest BCUT2D eigenvalue weighted by molar-refractivity contribution is 5.95. The van der Waals surface area contributed by atoms with E-state index in [0.29, 0.717) is 24.9 Å². The molecule has 2 aromatic rings. The van der Waals surface area contributed by atoms with Gasteiger partial charge in [-0.2, -0.15) is 0 Å². The van der Waals surface area contributed by atoms with Crippen molar-refractivity contribution in [3.8, 4) is 0 Å². The highest BCUT2D eigenvalue weighted by Crippen LogP contribution is 2.22. The van der Waals surface area contributed by atoms with E-state index in [-0.39, 0.29) is 24.1 Å². The van der Waals surface area contributed by atoms with Crippen LogP contribution in [0, 0.1) is 5.82 Å². The number of rotatable bonds is 6. The van der Waals surface area contributed by atoms with Crippen LogP contribution in [-0.2, 0) is 22.6 Å². The third kappa shape index (κ3) is 4.44. The molecule has 0 atom stereocenters. The Morgan fingerprint density at radius 3 is 2.76 bits per heavy atom. The minimum Gasteiger partial charge on any atom is -0.352 e. The second kappa shape index (κ2) is 7.92. The number of carbonyl (C=O) groups is 2. The number of anilines is 1. The second-order valence-electron chi connectivity index (χ2n) is 6.19. The lowest BCUT2D eigenvalue weighted by molar-refractivity contribution is -0.121. The molecule has 0 aliphatic carbocycles. The number of benzene rings is 2. The molecule has 0 radical (unpaired) electrons. The highest BCUT2D eigenvalue weighted by atomic mass is 19.1. The van der Waals surface area contributed by atoms with Crippen LogP contribution in [-0.4, -0.2) is 18.4 Å². The van der Waals surface area contributed by atoms with Crippen LogP contribution in [0.2, 0.25) is 0 Å². The zero-order chi connectivity index (χ0) is 17.6. The van der Waals surface area contributed by atoms with Gasteiger partial charge in [0.25, 0.3) is 0 Å². The predicted molar refractivity (Wildman–Crippen MR) is 94.6 cm³/mol. The molecule has 2 aromatic carbocycles. The first-order valence-corrected chi connectivity index (χ1v) is 8.53. The fraction of sp³-hybridized carbons (Fsp3) is 0.300. The van der Waals surface area contributed by atoms with Gasteiger partial charge < -0.3 is 10.2 Å². The predicted octanol–water partition coefficient (Wildman–Crippen LogP) is 3.20. The Bertz CT molecular complexity index is 776. The maximum Gasteiger partial charge on any atom is 0.227 e. The van der Waals surface area contributed by atoms with E-state index < -0.39 is 0 Å². The Balaban J connectivity index is 1.52. The molecular weight excluding hydrogens is 319 g/mol. The standard InChI is InChI=1S/C20H21FN2O2/c21-18-8-2-1-6-16(18)10-11-19(24)22-14-15-5-3-7-17(13-15)23-12-4-9-20(23)25/h1-3,5-8,13H,4,9-12,14H2,(H,22,24). The summed E-state index contributed by atoms with van der Waals surface area (Å²) in [5.74, 6) is -0.254. The van der Waals surface area contributed by atoms with E-state index >= 15 is 0 Å². The molecule has 1 saturated heterocycles. The van der Waals surface area contributed by atoms with Crippen molar-refractivity contribution in [1.82, 2.24) is 5.32 Å². The SMILES string of the molecule is O=C(CCc1ccccc1F)NCc1cccc(N2CCCC2=O)c1. The normalized spacial score (nSPS) is 14.0. The van der Waals surface area contributed by atoms with Gasteiger partial charge in [-0.15, -0.1) is 0 Å². The summed E-state index contributed by atoms with van der Waals surface area (Å²) in [5.41, 5.74) is 2.37. The van der Waals surface area contributed by atoms with Crippen molar-refractivity contribution in [2.75, 3.05) is 11.4 Å². The molecule has 0 bridgehead atoms. The molecule has 5 heteroatoms. The molecule has 3 rings (SSSR count). The molecule has 1 N–H and O–H groups in total. The average Bonchev–Trinajstić information content (AvgIpc) is 3.05. The summed E-state index contributed by atoms with van der Waals surface area (Å²) in [6.07, 6.45) is 2.10. The third-order valence-corrected chi connectivity index (χ3v) is 4.36. The van der Waals surface area contributed by atoms with Gasteiger partial charge >= 0.3 is 0 Å². The maximum absolute atomic E-state index is 13.6. The van der Waals surface area contributed by atoms with Crippen molar-refractivity contribution in [3.63, 3.8) is 0 Å². The number of hydrogen-bond acceptors (Lipinski definition) is 2. The van der Waals surface area contributed by atoms with E-state index in [1.807, 2.05) is 24.3 Å². The fourth-order valence-corrected chi connectivity index (χ4v) is 2.99. The number of halogens is 1. The number of carbonyl (C=O) groups excluding carboxylic acids is 2. The molecule has 0 spiro atoms. The molecule has 0 saturated carbocycles. The van der Waals surface area contributed by atoms with Gasteiger partial charge in [0.15, 0.2) is 0 Å². The van der Waals surface area contributed by atoms with Crippen LogP contribution >= 0.6 is 0 Å². The molecule has 1 aliphatic heterocycles. The zero-order valence-electron chi connectivity index (χ0n) is 14.0. The van der Waals surface area contributed by atoms with Gasteiger partial charge in [-0.25, -0.2) is 4.39 Å². The first-order valence-electron chi connectivity index (χ1n) is 8.53. The number of nitrogens with zero attached hydrogens (tertiary/aromatic N) is 1. The molecule has 0 aromatic heterocycles. The minimum atomic E-state index is -0.279. The van der Waals surface area contributed by atoms with Crippen molar-refractivity contribution in [2.24, 2.45) is 0 Å². The number of hydrogen-bond donors (Lipinski definition) is 1. The van der Waals surface area contributed by atoms with Crippen LogP contribution in [0.3, 0.4) is 0 Å². The number of nitrogens with one attached hydrogen (secondary N) is 1. The Morgan fingerprint density at radius 1 is 1.16 bits per heavy atom. The molecule has 0 unspecified atom stereocenters. The molecule has 130 valence electrons. The Hall–Kier alpha value is -2.69. The third-order valence-electron chi connectivity index (χ3n) is 4.36. The lowest BCUT2D eigenvalue weighted by Gasteiger charge is -2.16. The summed E-state index contributed by atoms with van der Waals surface area (Å²) < 4.78 is 13.6. The summed E-state index contributed by atoms with van der Waals surface area (Å²) in [6, 6.07) is 14.1. The molecule has 4 nitrogen and oxygen atoms in total. The molecule has 1 heterocycles. The van der Waals surface area contributed by atoms with Crippen LogP contribution in [0.1, 0.15) is 30.4 Å². The summed E-state index contributed by atoms with van der Waals surface area (Å²) in [4.78, 5) is 25.6. The van der Waals surface area contributed by atoms with E-state index in [1.165, 1.54) is 6.07 Å². The summed E-state index contributed by atoms with van der Waals surface area (Å²) in [7, 11) is 0. The Kier molecular flexibility index (Phi) is 5.43. The molecular formula is C20H21FN2O2. The van der Waals surface area contributed by atoms with Crippen molar-refractivity contribution in [3.05, 3.63) is 65.5 Å². The van der Waals surface area contributed by atoms with Crippen LogP contribution in [0.5, 0.6) is 0 Å². The largest absolute Gasteiger partial charge is 0.352 e. The van der Waals surface area contributed by atoms with Crippen LogP contribution in [0.25, 0.3) is 0 Å². The van der Waals surface area contributed by atoms with Gasteiger partial charge in [0, 0.05) is 31.6 Å². The number of amides is 2. The van der Waals surface area contributed by atoms with Gasteiger partial charge in [-0.1, -0.05) is 30.3 Å². The fourth-order valence-electron chi connectivity index (χ4n) is 2.99. The smallest absolute Gasteiger partial charge is 0.227 e. The zero-order valence-corrected chi connectivity index (χ0v) is 14.0. The van der Waals surface area contributed by atoms with Crippen molar-refractivity contribution in [2.45, 2.75) is 32.2 Å². The summed E-state index contributed by atoms with van der Waals surface area (Å²) in [6.45, 7) is 1.14. The average molecular weight is 340 g/mol. The van der Waals surface area contributed by atoms with Crippen LogP contribution in [0.4, 0.5) is 10.1 Å². The van der Waals surface area contributed by atoms with Crippen LogP contribution in [0.15, 0.2) is 48.5 Å². The molecule has 1 aliphatic rings. The molecule has 25 heavy (non-hydrogen) atoms. The van der Waals surface area contributed by atoms with E-state index in [0.717, 1.165) is 24.2 Å². The lowest BCUT2D eigenvalue weighted by Crippen LogP contribution is -2.25. The number of aryl methyl sites for hydroxylation is 1. The van der Waals surface area contributed by atoms with Crippen molar-refractivity contribution < 1.29 is 14.0 Å². The van der Waals surface area contributed by atoms with E-state index in [4.69, 9.17) is 0 Å².